The number of methoxy groups -OCH3 is 1. The summed E-state index contributed by atoms with van der Waals surface area (Å²) < 4.78 is 44.2. The minimum absolute atomic E-state index is 0.196. The normalized spacial score (nSPS) is 15.4. The zero-order valence-corrected chi connectivity index (χ0v) is 16.6. The average molecular weight is 424 g/mol. The van der Waals surface area contributed by atoms with Crippen LogP contribution in [0, 0.1) is 0 Å². The predicted octanol–water partition coefficient (Wildman–Crippen LogP) is 1.87. The lowest BCUT2D eigenvalue weighted by Gasteiger charge is -2.34. The third-order valence-corrected chi connectivity index (χ3v) is 4.94. The molecule has 10 heteroatoms. The van der Waals surface area contributed by atoms with Crippen molar-refractivity contribution < 1.29 is 22.7 Å². The maximum Gasteiger partial charge on any atom is 0.416 e. The minimum atomic E-state index is -4.34. The molecule has 162 valence electrons. The highest BCUT2D eigenvalue weighted by atomic mass is 19.4. The smallest absolute Gasteiger partial charge is 0.383 e. The minimum Gasteiger partial charge on any atom is -0.383 e. The number of alkyl halides is 3. The van der Waals surface area contributed by atoms with Gasteiger partial charge in [0.2, 0.25) is 0 Å². The first-order valence-corrected chi connectivity index (χ1v) is 9.53. The van der Waals surface area contributed by atoms with Gasteiger partial charge in [-0.05, 0) is 23.8 Å². The highest BCUT2D eigenvalue weighted by Gasteiger charge is 2.30. The topological polar surface area (TPSA) is 67.7 Å². The first kappa shape index (κ1) is 22.0. The summed E-state index contributed by atoms with van der Waals surface area (Å²) >= 11 is 0. The van der Waals surface area contributed by atoms with E-state index < -0.39 is 11.7 Å². The molecule has 0 spiro atoms. The second-order valence-electron chi connectivity index (χ2n) is 7.04. The Kier molecular flexibility index (Phi) is 6.88. The molecule has 2 heterocycles. The number of piperazine rings is 1. The molecule has 0 saturated carbocycles. The van der Waals surface area contributed by atoms with Crippen molar-refractivity contribution in [3.8, 4) is 0 Å². The molecule has 0 atom stereocenters. The largest absolute Gasteiger partial charge is 0.416 e. The summed E-state index contributed by atoms with van der Waals surface area (Å²) in [7, 11) is 1.52. The van der Waals surface area contributed by atoms with Gasteiger partial charge in [0.25, 0.3) is 11.5 Å². The van der Waals surface area contributed by atoms with Crippen LogP contribution in [0.1, 0.15) is 21.6 Å². The van der Waals surface area contributed by atoms with Gasteiger partial charge in [0.1, 0.15) is 5.69 Å². The van der Waals surface area contributed by atoms with Crippen LogP contribution in [0.4, 0.5) is 13.2 Å². The number of rotatable bonds is 6. The van der Waals surface area contributed by atoms with E-state index in [-0.39, 0.29) is 23.7 Å². The number of hydrogen-bond acceptors (Lipinski definition) is 5. The van der Waals surface area contributed by atoms with Gasteiger partial charge in [0.05, 0.1) is 18.7 Å². The lowest BCUT2D eigenvalue weighted by atomic mass is 10.1. The highest BCUT2D eigenvalue weighted by Crippen LogP contribution is 2.29. The Morgan fingerprint density at radius 3 is 2.33 bits per heavy atom. The van der Waals surface area contributed by atoms with Crippen molar-refractivity contribution in [2.24, 2.45) is 0 Å². The number of carbonyl (C=O) groups excluding carboxylic acids is 1. The van der Waals surface area contributed by atoms with Gasteiger partial charge in [-0.1, -0.05) is 12.1 Å². The SMILES string of the molecule is COCCn1nc(C(=O)N2CCN(Cc3ccc(C(F)(F)F)cc3)CC2)ccc1=O. The average Bonchev–Trinajstić information content (AvgIpc) is 2.73. The fourth-order valence-electron chi connectivity index (χ4n) is 3.23. The fourth-order valence-corrected chi connectivity index (χ4v) is 3.23. The second-order valence-corrected chi connectivity index (χ2v) is 7.04. The van der Waals surface area contributed by atoms with Gasteiger partial charge in [-0.25, -0.2) is 4.68 Å². The summed E-state index contributed by atoms with van der Waals surface area (Å²) in [6, 6.07) is 7.86. The number of benzene rings is 1. The van der Waals surface area contributed by atoms with Crippen LogP contribution in [0.2, 0.25) is 0 Å². The monoisotopic (exact) mass is 424 g/mol. The van der Waals surface area contributed by atoms with E-state index in [2.05, 4.69) is 10.00 Å². The zero-order valence-electron chi connectivity index (χ0n) is 16.6. The summed E-state index contributed by atoms with van der Waals surface area (Å²) in [5.74, 6) is -0.254. The lowest BCUT2D eigenvalue weighted by Crippen LogP contribution is -2.48. The molecule has 1 amide bonds. The van der Waals surface area contributed by atoms with Crippen LogP contribution < -0.4 is 5.56 Å². The van der Waals surface area contributed by atoms with E-state index in [0.29, 0.717) is 39.3 Å². The van der Waals surface area contributed by atoms with Crippen molar-refractivity contribution in [1.29, 1.82) is 0 Å². The van der Waals surface area contributed by atoms with Crippen LogP contribution >= 0.6 is 0 Å². The molecule has 1 saturated heterocycles. The Bertz CT molecular complexity index is 920. The van der Waals surface area contributed by atoms with E-state index in [1.165, 1.54) is 36.1 Å². The first-order chi connectivity index (χ1) is 14.3. The molecule has 30 heavy (non-hydrogen) atoms. The van der Waals surface area contributed by atoms with Crippen molar-refractivity contribution in [1.82, 2.24) is 19.6 Å². The number of hydrogen-bond donors (Lipinski definition) is 0. The molecule has 0 bridgehead atoms. The van der Waals surface area contributed by atoms with Gasteiger partial charge in [-0.15, -0.1) is 0 Å². The van der Waals surface area contributed by atoms with Crippen molar-refractivity contribution in [3.05, 3.63) is 63.6 Å². The predicted molar refractivity (Wildman–Crippen MR) is 103 cm³/mol. The van der Waals surface area contributed by atoms with Crippen molar-refractivity contribution >= 4 is 5.91 Å². The van der Waals surface area contributed by atoms with E-state index in [9.17, 15) is 22.8 Å². The van der Waals surface area contributed by atoms with E-state index in [4.69, 9.17) is 4.74 Å². The van der Waals surface area contributed by atoms with Gasteiger partial charge in [0.15, 0.2) is 0 Å². The molecule has 2 aromatic rings. The number of carbonyl (C=O) groups is 1. The van der Waals surface area contributed by atoms with Gasteiger partial charge in [-0.2, -0.15) is 18.3 Å². The molecule has 7 nitrogen and oxygen atoms in total. The van der Waals surface area contributed by atoms with Crippen LogP contribution in [0.25, 0.3) is 0 Å². The van der Waals surface area contributed by atoms with Crippen LogP contribution in [0.15, 0.2) is 41.2 Å². The maximum absolute atomic E-state index is 12.7. The van der Waals surface area contributed by atoms with E-state index in [1.807, 2.05) is 0 Å². The van der Waals surface area contributed by atoms with Crippen LogP contribution in [-0.2, 0) is 24.0 Å². The zero-order chi connectivity index (χ0) is 21.7. The maximum atomic E-state index is 12.7. The van der Waals surface area contributed by atoms with Gasteiger partial charge in [-0.3, -0.25) is 14.5 Å². The molecule has 1 aliphatic heterocycles. The molecule has 0 N–H and O–H groups in total. The Morgan fingerprint density at radius 2 is 1.73 bits per heavy atom. The van der Waals surface area contributed by atoms with Crippen molar-refractivity contribution in [3.63, 3.8) is 0 Å². The van der Waals surface area contributed by atoms with E-state index >= 15 is 0 Å². The number of halogens is 3. The molecular formula is C20H23F3N4O3. The number of aromatic nitrogens is 2. The van der Waals surface area contributed by atoms with Crippen LogP contribution in [0.3, 0.4) is 0 Å². The standard InChI is InChI=1S/C20H23F3N4O3/c1-30-13-12-27-18(28)7-6-17(24-27)19(29)26-10-8-25(9-11-26)14-15-2-4-16(5-3-15)20(21,22)23/h2-7H,8-14H2,1H3. The molecule has 0 aliphatic carbocycles. The quantitative estimate of drug-likeness (QED) is 0.708. The summed E-state index contributed by atoms with van der Waals surface area (Å²) in [5.41, 5.74) is 0.0162. The first-order valence-electron chi connectivity index (χ1n) is 9.53. The van der Waals surface area contributed by atoms with Gasteiger partial charge < -0.3 is 9.64 Å². The Labute approximate surface area is 171 Å². The molecule has 1 fully saturated rings. The van der Waals surface area contributed by atoms with Gasteiger partial charge >= 0.3 is 6.18 Å². The van der Waals surface area contributed by atoms with Crippen LogP contribution in [-0.4, -0.2) is 65.4 Å². The Morgan fingerprint density at radius 1 is 1.07 bits per heavy atom. The van der Waals surface area contributed by atoms with E-state index in [0.717, 1.165) is 17.7 Å². The molecule has 1 aromatic carbocycles. The Balaban J connectivity index is 1.56. The number of amides is 1. The fraction of sp³-hybridized carbons (Fsp3) is 0.450. The summed E-state index contributed by atoms with van der Waals surface area (Å²) in [6.45, 7) is 3.22. The van der Waals surface area contributed by atoms with E-state index in [1.54, 1.807) is 4.90 Å². The number of nitrogens with zero attached hydrogens (tertiary/aromatic N) is 4. The molecule has 0 unspecified atom stereocenters. The van der Waals surface area contributed by atoms with Crippen molar-refractivity contribution in [2.75, 3.05) is 39.9 Å². The second kappa shape index (κ2) is 9.40. The molecule has 1 aromatic heterocycles. The molecule has 3 rings (SSSR count). The molecule has 0 radical (unpaired) electrons. The number of ether oxygens (including phenoxy) is 1. The third kappa shape index (κ3) is 5.45. The van der Waals surface area contributed by atoms with Crippen molar-refractivity contribution in [2.45, 2.75) is 19.3 Å². The Hall–Kier alpha value is -2.72. The molecular weight excluding hydrogens is 401 g/mol. The third-order valence-electron chi connectivity index (χ3n) is 4.94. The summed E-state index contributed by atoms with van der Waals surface area (Å²) in [5, 5.41) is 4.13. The van der Waals surface area contributed by atoms with Crippen LogP contribution in [0.5, 0.6) is 0 Å². The molecule has 1 aliphatic rings. The van der Waals surface area contributed by atoms with Gasteiger partial charge in [0, 0.05) is 45.9 Å². The summed E-state index contributed by atoms with van der Waals surface area (Å²) in [4.78, 5) is 28.3. The highest BCUT2D eigenvalue weighted by molar-refractivity contribution is 5.92. The lowest BCUT2D eigenvalue weighted by molar-refractivity contribution is -0.137. The summed E-state index contributed by atoms with van der Waals surface area (Å²) in [6.07, 6.45) is -4.34.